The van der Waals surface area contributed by atoms with Crippen LogP contribution in [0.15, 0.2) is 59.4 Å². The molecule has 0 fully saturated rings. The highest BCUT2D eigenvalue weighted by Gasteiger charge is 2.13. The van der Waals surface area contributed by atoms with E-state index in [2.05, 4.69) is 39.4 Å². The number of hydrogen-bond acceptors (Lipinski definition) is 4. The van der Waals surface area contributed by atoms with Crippen molar-refractivity contribution in [2.45, 2.75) is 33.2 Å². The topological polar surface area (TPSA) is 75.1 Å². The first-order valence-corrected chi connectivity index (χ1v) is 9.48. The smallest absolute Gasteiger partial charge is 0.277 e. The summed E-state index contributed by atoms with van der Waals surface area (Å²) in [7, 11) is 0. The Kier molecular flexibility index (Phi) is 4.93. The zero-order valence-electron chi connectivity index (χ0n) is 16.1. The molecule has 0 spiro atoms. The summed E-state index contributed by atoms with van der Waals surface area (Å²) in [6.45, 7) is 4.48. The SMILES string of the molecule is CCc1ccc(NCc2nc3nc(C)c(Cc4ccccc4)c(=O)n3[nH]2)cc1. The number of rotatable bonds is 6. The van der Waals surface area contributed by atoms with Crippen molar-refractivity contribution in [3.8, 4) is 0 Å². The molecule has 0 amide bonds. The van der Waals surface area contributed by atoms with E-state index in [1.807, 2.05) is 49.4 Å². The lowest BCUT2D eigenvalue weighted by atomic mass is 10.1. The zero-order valence-corrected chi connectivity index (χ0v) is 16.1. The number of hydrogen-bond donors (Lipinski definition) is 2. The van der Waals surface area contributed by atoms with Crippen LogP contribution in [0.3, 0.4) is 0 Å². The van der Waals surface area contributed by atoms with Gasteiger partial charge in [-0.1, -0.05) is 49.4 Å². The number of fused-ring (bicyclic) bond motifs is 1. The lowest BCUT2D eigenvalue weighted by Crippen LogP contribution is -2.22. The maximum absolute atomic E-state index is 12.9. The Bertz CT molecular complexity index is 1140. The van der Waals surface area contributed by atoms with Crippen LogP contribution in [0.25, 0.3) is 5.78 Å². The van der Waals surface area contributed by atoms with E-state index >= 15 is 0 Å². The summed E-state index contributed by atoms with van der Waals surface area (Å²) in [5.41, 5.74) is 4.70. The molecule has 4 aromatic rings. The van der Waals surface area contributed by atoms with E-state index < -0.39 is 0 Å². The summed E-state index contributed by atoms with van der Waals surface area (Å²) in [5, 5.41) is 6.40. The molecule has 2 N–H and O–H groups in total. The molecule has 2 heterocycles. The highest BCUT2D eigenvalue weighted by molar-refractivity contribution is 5.45. The van der Waals surface area contributed by atoms with E-state index in [0.29, 0.717) is 30.1 Å². The second-order valence-corrected chi connectivity index (χ2v) is 6.85. The lowest BCUT2D eigenvalue weighted by Gasteiger charge is -2.05. The number of anilines is 1. The normalized spacial score (nSPS) is 11.1. The molecule has 2 aromatic heterocycles. The molecule has 6 nitrogen and oxygen atoms in total. The molecule has 28 heavy (non-hydrogen) atoms. The highest BCUT2D eigenvalue weighted by atomic mass is 16.1. The maximum Gasteiger partial charge on any atom is 0.277 e. The summed E-state index contributed by atoms with van der Waals surface area (Å²) in [6.07, 6.45) is 1.57. The summed E-state index contributed by atoms with van der Waals surface area (Å²) >= 11 is 0. The van der Waals surface area contributed by atoms with E-state index in [4.69, 9.17) is 0 Å². The van der Waals surface area contributed by atoms with Crippen molar-refractivity contribution in [1.82, 2.24) is 19.6 Å². The van der Waals surface area contributed by atoms with E-state index in [1.54, 1.807) is 0 Å². The summed E-state index contributed by atoms with van der Waals surface area (Å²) in [6, 6.07) is 18.2. The molecule has 6 heteroatoms. The number of benzene rings is 2. The van der Waals surface area contributed by atoms with Gasteiger partial charge in [0.15, 0.2) is 0 Å². The van der Waals surface area contributed by atoms with Gasteiger partial charge >= 0.3 is 0 Å². The molecule has 0 atom stereocenters. The average molecular weight is 373 g/mol. The fourth-order valence-corrected chi connectivity index (χ4v) is 3.23. The molecule has 142 valence electrons. The van der Waals surface area contributed by atoms with Gasteiger partial charge in [-0.05, 0) is 36.6 Å². The van der Waals surface area contributed by atoms with Crippen molar-refractivity contribution < 1.29 is 0 Å². The number of nitrogens with zero attached hydrogens (tertiary/aromatic N) is 3. The molecule has 0 bridgehead atoms. The van der Waals surface area contributed by atoms with E-state index in [0.717, 1.165) is 23.4 Å². The predicted octanol–water partition coefficient (Wildman–Crippen LogP) is 3.49. The van der Waals surface area contributed by atoms with Crippen molar-refractivity contribution in [2.75, 3.05) is 5.32 Å². The molecular formula is C22H23N5O. The third-order valence-electron chi connectivity index (χ3n) is 4.89. The molecule has 4 rings (SSSR count). The van der Waals surface area contributed by atoms with Gasteiger partial charge in [-0.2, -0.15) is 9.50 Å². The fourth-order valence-electron chi connectivity index (χ4n) is 3.23. The standard InChI is InChI=1S/C22H23N5O/c1-3-16-9-11-18(12-10-16)23-14-20-25-22-24-15(2)19(21(28)27(22)26-20)13-17-7-5-4-6-8-17/h4-12,23H,3,13-14H2,1-2H3,(H,24,25,26). The van der Waals surface area contributed by atoms with Gasteiger partial charge in [0.1, 0.15) is 5.82 Å². The van der Waals surface area contributed by atoms with Crippen LogP contribution in [0.5, 0.6) is 0 Å². The second kappa shape index (κ2) is 7.68. The van der Waals surface area contributed by atoms with Gasteiger partial charge in [-0.25, -0.2) is 4.98 Å². The molecule has 0 saturated heterocycles. The predicted molar refractivity (Wildman–Crippen MR) is 111 cm³/mol. The van der Waals surface area contributed by atoms with Crippen LogP contribution >= 0.6 is 0 Å². The van der Waals surface area contributed by atoms with Crippen LogP contribution in [0.2, 0.25) is 0 Å². The summed E-state index contributed by atoms with van der Waals surface area (Å²) in [4.78, 5) is 21.9. The Morgan fingerprint density at radius 3 is 2.46 bits per heavy atom. The minimum Gasteiger partial charge on any atom is -0.378 e. The van der Waals surface area contributed by atoms with E-state index in [-0.39, 0.29) is 5.56 Å². The van der Waals surface area contributed by atoms with Crippen molar-refractivity contribution in [3.63, 3.8) is 0 Å². The third kappa shape index (κ3) is 3.67. The van der Waals surface area contributed by atoms with Crippen molar-refractivity contribution in [3.05, 3.63) is 93.2 Å². The van der Waals surface area contributed by atoms with Gasteiger partial charge in [-0.15, -0.1) is 0 Å². The van der Waals surface area contributed by atoms with Gasteiger partial charge < -0.3 is 5.32 Å². The highest BCUT2D eigenvalue weighted by Crippen LogP contribution is 2.12. The molecule has 2 aromatic carbocycles. The third-order valence-corrected chi connectivity index (χ3v) is 4.89. The quantitative estimate of drug-likeness (QED) is 0.542. The number of nitrogens with one attached hydrogen (secondary N) is 2. The molecular weight excluding hydrogens is 350 g/mol. The molecule has 0 aliphatic rings. The maximum atomic E-state index is 12.9. The lowest BCUT2D eigenvalue weighted by molar-refractivity contribution is 0.832. The Morgan fingerprint density at radius 1 is 1.00 bits per heavy atom. The number of aromatic amines is 1. The van der Waals surface area contributed by atoms with Crippen LogP contribution in [0.1, 0.15) is 35.1 Å². The molecule has 0 unspecified atom stereocenters. The Morgan fingerprint density at radius 2 is 1.75 bits per heavy atom. The first-order valence-electron chi connectivity index (χ1n) is 9.48. The largest absolute Gasteiger partial charge is 0.378 e. The first-order chi connectivity index (χ1) is 13.6. The Hall–Kier alpha value is -3.41. The molecule has 0 aliphatic heterocycles. The van der Waals surface area contributed by atoms with Crippen LogP contribution in [-0.4, -0.2) is 19.6 Å². The molecule has 0 aliphatic carbocycles. The van der Waals surface area contributed by atoms with E-state index in [9.17, 15) is 4.79 Å². The van der Waals surface area contributed by atoms with Gasteiger partial charge in [0.05, 0.1) is 12.2 Å². The Labute approximate surface area is 163 Å². The minimum absolute atomic E-state index is 0.0996. The van der Waals surface area contributed by atoms with Crippen LogP contribution in [0.4, 0.5) is 5.69 Å². The number of H-pyrrole nitrogens is 1. The monoisotopic (exact) mass is 373 g/mol. The minimum atomic E-state index is -0.0996. The van der Waals surface area contributed by atoms with Crippen LogP contribution in [0, 0.1) is 6.92 Å². The number of aromatic nitrogens is 4. The van der Waals surface area contributed by atoms with Crippen LogP contribution < -0.4 is 10.9 Å². The van der Waals surface area contributed by atoms with Crippen LogP contribution in [-0.2, 0) is 19.4 Å². The van der Waals surface area contributed by atoms with Gasteiger partial charge in [0.2, 0.25) is 0 Å². The summed E-state index contributed by atoms with van der Waals surface area (Å²) in [5.74, 6) is 1.07. The second-order valence-electron chi connectivity index (χ2n) is 6.85. The average Bonchev–Trinajstić information content (AvgIpc) is 3.14. The van der Waals surface area contributed by atoms with Gasteiger partial charge in [-0.3, -0.25) is 9.89 Å². The van der Waals surface area contributed by atoms with Crippen molar-refractivity contribution >= 4 is 11.5 Å². The zero-order chi connectivity index (χ0) is 19.5. The van der Waals surface area contributed by atoms with E-state index in [1.165, 1.54) is 10.1 Å². The van der Waals surface area contributed by atoms with Gasteiger partial charge in [0.25, 0.3) is 11.3 Å². The summed E-state index contributed by atoms with van der Waals surface area (Å²) < 4.78 is 1.43. The first kappa shape index (κ1) is 18.0. The van der Waals surface area contributed by atoms with Crippen molar-refractivity contribution in [1.29, 1.82) is 0 Å². The Balaban J connectivity index is 1.58. The fraction of sp³-hybridized carbons (Fsp3) is 0.227. The van der Waals surface area contributed by atoms with Crippen molar-refractivity contribution in [2.24, 2.45) is 0 Å². The number of aryl methyl sites for hydroxylation is 2. The molecule has 0 radical (unpaired) electrons. The molecule has 0 saturated carbocycles. The van der Waals surface area contributed by atoms with Gasteiger partial charge in [0, 0.05) is 17.7 Å².